The third-order valence-corrected chi connectivity index (χ3v) is 20.6. The van der Waals surface area contributed by atoms with E-state index in [-0.39, 0.29) is 77.1 Å². The SMILES string of the molecule is CC(C)C(=O)C1CC1.CC(C)C(=O)C1CCC1.CC(C)C(=O)C1CCCC1.CC(C)C(=O)C1CCCCC1.CC(C)C(=O)C1CCCCCC1.CC(C)C(=O)CC1CCCCC1.CC(C)C(O)=C1CC(O)C(C)C(C)C1=O.CC1CCC(C(=O)C(C)C)CC1. The largest absolute Gasteiger partial charge is 0.512 e. The first kappa shape index (κ1) is 83.9. The molecule has 0 aromatic carbocycles. The number of carbonyl (C=O) groups excluding carboxylic acids is 8. The molecular weight excluding hydrogens is 1110 g/mol. The number of aliphatic hydroxyl groups is 2. The van der Waals surface area contributed by atoms with Crippen molar-refractivity contribution >= 4 is 46.3 Å². The Hall–Kier alpha value is -3.14. The Kier molecular flexibility index (Phi) is 42.6. The van der Waals surface area contributed by atoms with Gasteiger partial charge in [0.05, 0.1) is 6.10 Å². The van der Waals surface area contributed by atoms with Crippen LogP contribution in [0.5, 0.6) is 0 Å². The normalized spacial score (nSPS) is 24.3. The van der Waals surface area contributed by atoms with Gasteiger partial charge in [-0.15, -0.1) is 0 Å². The van der Waals surface area contributed by atoms with Gasteiger partial charge in [-0.3, -0.25) is 38.4 Å². The van der Waals surface area contributed by atoms with Crippen LogP contribution in [0.15, 0.2) is 11.3 Å². The Morgan fingerprint density at radius 3 is 0.865 bits per heavy atom. The van der Waals surface area contributed by atoms with Crippen LogP contribution in [0.3, 0.4) is 0 Å². The summed E-state index contributed by atoms with van der Waals surface area (Å²) in [5, 5.41) is 19.6. The molecule has 8 rings (SSSR count). The molecule has 10 heteroatoms. The van der Waals surface area contributed by atoms with E-state index in [4.69, 9.17) is 0 Å². The van der Waals surface area contributed by atoms with Crippen LogP contribution in [0.25, 0.3) is 0 Å². The maximum absolute atomic E-state index is 11.9. The molecule has 0 amide bonds. The summed E-state index contributed by atoms with van der Waals surface area (Å²) >= 11 is 0. The fraction of sp³-hybridized carbons (Fsp3) is 0.873. The van der Waals surface area contributed by atoms with E-state index in [0.717, 1.165) is 89.4 Å². The second-order valence-corrected chi connectivity index (χ2v) is 31.3. The highest BCUT2D eigenvalue weighted by Gasteiger charge is 2.37. The first-order valence-corrected chi connectivity index (χ1v) is 37.1. The number of hydrogen-bond acceptors (Lipinski definition) is 10. The van der Waals surface area contributed by atoms with Gasteiger partial charge in [-0.1, -0.05) is 241 Å². The lowest BCUT2D eigenvalue weighted by Crippen LogP contribution is -2.37. The van der Waals surface area contributed by atoms with Crippen LogP contribution in [-0.2, 0) is 38.4 Å². The maximum atomic E-state index is 11.9. The molecule has 10 nitrogen and oxygen atoms in total. The van der Waals surface area contributed by atoms with Crippen molar-refractivity contribution in [2.45, 2.75) is 337 Å². The molecule has 0 aliphatic heterocycles. The molecule has 516 valence electrons. The quantitative estimate of drug-likeness (QED) is 0.0859. The molecular formula is C79H140O10. The summed E-state index contributed by atoms with van der Waals surface area (Å²) in [4.78, 5) is 91.4. The van der Waals surface area contributed by atoms with Crippen molar-refractivity contribution in [2.75, 3.05) is 0 Å². The summed E-state index contributed by atoms with van der Waals surface area (Å²) in [5.41, 5.74) is 0.420. The van der Waals surface area contributed by atoms with Gasteiger partial charge >= 0.3 is 0 Å². The topological polar surface area (TPSA) is 177 Å². The molecule has 0 bridgehead atoms. The van der Waals surface area contributed by atoms with Crippen LogP contribution in [0.2, 0.25) is 0 Å². The highest BCUT2D eigenvalue weighted by atomic mass is 16.3. The van der Waals surface area contributed by atoms with E-state index in [2.05, 4.69) is 6.92 Å². The number of rotatable bonds is 16. The lowest BCUT2D eigenvalue weighted by Gasteiger charge is -2.32. The Morgan fingerprint density at radius 2 is 0.607 bits per heavy atom. The van der Waals surface area contributed by atoms with Crippen molar-refractivity contribution in [3.05, 3.63) is 11.3 Å². The zero-order valence-electron chi connectivity index (χ0n) is 61.1. The summed E-state index contributed by atoms with van der Waals surface area (Å²) in [5.74, 6) is 9.00. The zero-order valence-corrected chi connectivity index (χ0v) is 61.1. The van der Waals surface area contributed by atoms with Gasteiger partial charge in [0.15, 0.2) is 5.78 Å². The van der Waals surface area contributed by atoms with Crippen molar-refractivity contribution in [3.63, 3.8) is 0 Å². The van der Waals surface area contributed by atoms with E-state index < -0.39 is 6.10 Å². The van der Waals surface area contributed by atoms with Gasteiger partial charge in [0.25, 0.3) is 0 Å². The first-order valence-electron chi connectivity index (χ1n) is 37.1. The molecule has 89 heavy (non-hydrogen) atoms. The van der Waals surface area contributed by atoms with Gasteiger partial charge in [0.2, 0.25) is 0 Å². The molecule has 0 aromatic rings. The third kappa shape index (κ3) is 33.5. The molecule has 0 radical (unpaired) electrons. The molecule has 8 aliphatic rings. The minimum atomic E-state index is -0.520. The van der Waals surface area contributed by atoms with E-state index in [1.807, 2.05) is 125 Å². The number of allylic oxidation sites excluding steroid dienone is 1. The molecule has 2 N–H and O–H groups in total. The minimum Gasteiger partial charge on any atom is -0.512 e. The van der Waals surface area contributed by atoms with Crippen molar-refractivity contribution in [2.24, 2.45) is 107 Å². The number of ketones is 8. The van der Waals surface area contributed by atoms with Crippen LogP contribution >= 0.6 is 0 Å². The Balaban J connectivity index is 0.000000511. The minimum absolute atomic E-state index is 0.0148. The summed E-state index contributed by atoms with van der Waals surface area (Å²) < 4.78 is 0. The molecule has 3 atom stereocenters. The van der Waals surface area contributed by atoms with Crippen LogP contribution in [0.4, 0.5) is 0 Å². The number of aliphatic hydroxyl groups excluding tert-OH is 2. The van der Waals surface area contributed by atoms with E-state index in [0.29, 0.717) is 87.5 Å². The zero-order chi connectivity index (χ0) is 67.7. The average molecular weight is 1250 g/mol. The summed E-state index contributed by atoms with van der Waals surface area (Å²) in [6.07, 6.45) is 36.4. The molecule has 8 aliphatic carbocycles. The van der Waals surface area contributed by atoms with Crippen molar-refractivity contribution in [1.29, 1.82) is 0 Å². The lowest BCUT2D eigenvalue weighted by atomic mass is 9.75. The predicted molar refractivity (Wildman–Crippen MR) is 369 cm³/mol. The number of carbonyl (C=O) groups is 8. The number of hydrogen-bond donors (Lipinski definition) is 2. The van der Waals surface area contributed by atoms with Gasteiger partial charge in [0.1, 0.15) is 46.2 Å². The monoisotopic (exact) mass is 1250 g/mol. The van der Waals surface area contributed by atoms with Gasteiger partial charge in [-0.05, 0) is 94.8 Å². The van der Waals surface area contributed by atoms with E-state index in [1.54, 1.807) is 0 Å². The van der Waals surface area contributed by atoms with Gasteiger partial charge < -0.3 is 10.2 Å². The molecule has 8 fully saturated rings. The summed E-state index contributed by atoms with van der Waals surface area (Å²) in [6, 6.07) is 0. The van der Waals surface area contributed by atoms with Crippen LogP contribution in [-0.4, -0.2) is 62.6 Å². The smallest absolute Gasteiger partial charge is 0.165 e. The van der Waals surface area contributed by atoms with E-state index in [1.165, 1.54) is 109 Å². The molecule has 0 spiro atoms. The highest BCUT2D eigenvalue weighted by molar-refractivity contribution is 5.98. The highest BCUT2D eigenvalue weighted by Crippen LogP contribution is 2.36. The average Bonchev–Trinajstić information content (AvgIpc) is 2.99. The van der Waals surface area contributed by atoms with Gasteiger partial charge in [-0.25, -0.2) is 0 Å². The summed E-state index contributed by atoms with van der Waals surface area (Å²) in [7, 11) is 0. The van der Waals surface area contributed by atoms with E-state index >= 15 is 0 Å². The van der Waals surface area contributed by atoms with Crippen molar-refractivity contribution in [3.8, 4) is 0 Å². The van der Waals surface area contributed by atoms with Crippen molar-refractivity contribution < 1.29 is 48.6 Å². The predicted octanol–water partition coefficient (Wildman–Crippen LogP) is 20.3. The standard InChI is InChI=1S/C12H20O3.3C11H20O.C10H18O.C9H16O.C8H14O.C7H12O/c1-6(2)11(14)9-5-10(13)7(3)8(4)12(9)15;1-8(2)11(12)10-6-4-9(3)5-7-10;1-9(2)11(12)8-10-6-4-3-5-7-10;1-9(2)11(12)10-7-5-3-4-6-8-10;1-8(2)10(11)9-6-4-3-5-7-9;1-7(2)9(10)8-5-3-4-6-8;1-6(2)8(9)7-4-3-5-7;1-5(2)7(8)6-3-4-6/h6-8,10,13-14H,5H2,1-4H3;8-10H,4-7H2,1-3H3;2*9-10H,3-8H2,1-2H3;8-9H,3-7H2,1-2H3;7-8H,3-6H2,1-2H3;6-7H,3-5H2,1-2H3;5-6H,3-4H2,1-2H3. The lowest BCUT2D eigenvalue weighted by molar-refractivity contribution is -0.128. The van der Waals surface area contributed by atoms with Gasteiger partial charge in [-0.2, -0.15) is 0 Å². The van der Waals surface area contributed by atoms with Crippen LogP contribution in [0, 0.1) is 107 Å². The molecule has 0 aromatic heterocycles. The third-order valence-electron chi connectivity index (χ3n) is 20.6. The second-order valence-electron chi connectivity index (χ2n) is 31.3. The Labute approximate surface area is 546 Å². The first-order chi connectivity index (χ1) is 41.7. The van der Waals surface area contributed by atoms with Crippen LogP contribution in [0.1, 0.15) is 331 Å². The van der Waals surface area contributed by atoms with E-state index in [9.17, 15) is 48.6 Å². The number of Topliss-reactive ketones (excluding diaryl/α,β-unsaturated/α-hetero) is 8. The molecule has 0 saturated heterocycles. The van der Waals surface area contributed by atoms with Crippen LogP contribution < -0.4 is 0 Å². The molecule has 3 unspecified atom stereocenters. The fourth-order valence-corrected chi connectivity index (χ4v) is 13.4. The Morgan fingerprint density at radius 1 is 0.348 bits per heavy atom. The second kappa shape index (κ2) is 45.2. The molecule has 0 heterocycles. The van der Waals surface area contributed by atoms with Gasteiger partial charge in [0, 0.05) is 107 Å². The fourth-order valence-electron chi connectivity index (χ4n) is 13.4. The molecule has 8 saturated carbocycles. The van der Waals surface area contributed by atoms with Crippen molar-refractivity contribution in [1.82, 2.24) is 0 Å². The Bertz CT molecular complexity index is 2060. The summed E-state index contributed by atoms with van der Waals surface area (Å²) in [6.45, 7) is 37.7. The maximum Gasteiger partial charge on any atom is 0.165 e.